The molecular formula is C8H3Cl4NO. The Morgan fingerprint density at radius 1 is 1.14 bits per heavy atom. The Hall–Kier alpha value is -0.240. The molecule has 0 N–H and O–H groups in total. The Morgan fingerprint density at radius 3 is 2.07 bits per heavy atom. The van der Waals surface area contributed by atoms with Crippen molar-refractivity contribution in [1.29, 1.82) is 0 Å². The number of nitrogens with zero attached hydrogens (tertiary/aromatic N) is 1. The quantitative estimate of drug-likeness (QED) is 0.451. The van der Waals surface area contributed by atoms with Crippen LogP contribution in [0, 0.1) is 0 Å². The zero-order valence-electron chi connectivity index (χ0n) is 6.65. The van der Waals surface area contributed by atoms with Crippen LogP contribution in [0.15, 0.2) is 11.1 Å². The molecule has 0 atom stereocenters. The van der Waals surface area contributed by atoms with Gasteiger partial charge in [-0.15, -0.1) is 0 Å². The van der Waals surface area contributed by atoms with Crippen LogP contribution >= 0.6 is 46.4 Å². The van der Waals surface area contributed by atoms with E-state index in [0.29, 0.717) is 5.56 Å². The average Bonchev–Trinajstić information content (AvgIpc) is 2.15. The Morgan fingerprint density at radius 2 is 1.64 bits per heavy atom. The molecular weight excluding hydrogens is 268 g/mol. The van der Waals surface area contributed by atoms with Crippen molar-refractivity contribution in [2.45, 2.75) is 6.54 Å². The van der Waals surface area contributed by atoms with Gasteiger partial charge in [0.1, 0.15) is 0 Å². The van der Waals surface area contributed by atoms with E-state index >= 15 is 0 Å². The highest BCUT2D eigenvalue weighted by atomic mass is 35.5. The van der Waals surface area contributed by atoms with Crippen molar-refractivity contribution < 1.29 is 4.79 Å². The van der Waals surface area contributed by atoms with Gasteiger partial charge in [0.15, 0.2) is 0 Å². The first-order valence-corrected chi connectivity index (χ1v) is 4.94. The normalized spacial score (nSPS) is 9.71. The van der Waals surface area contributed by atoms with Crippen LogP contribution in [0.25, 0.3) is 0 Å². The highest BCUT2D eigenvalue weighted by Gasteiger charge is 2.13. The molecule has 14 heavy (non-hydrogen) atoms. The molecule has 0 bridgehead atoms. The van der Waals surface area contributed by atoms with E-state index in [1.54, 1.807) is 0 Å². The second-order valence-electron chi connectivity index (χ2n) is 2.35. The second kappa shape index (κ2) is 5.01. The highest BCUT2D eigenvalue weighted by Crippen LogP contribution is 2.37. The fourth-order valence-corrected chi connectivity index (χ4v) is 1.84. The molecule has 6 heteroatoms. The molecule has 0 saturated carbocycles. The minimum atomic E-state index is 0.0153. The first-order chi connectivity index (χ1) is 6.57. The fraction of sp³-hybridized carbons (Fsp3) is 0.125. The molecule has 0 unspecified atom stereocenters. The van der Waals surface area contributed by atoms with E-state index in [1.807, 2.05) is 0 Å². The van der Waals surface area contributed by atoms with Crippen LogP contribution in [-0.2, 0) is 11.3 Å². The summed E-state index contributed by atoms with van der Waals surface area (Å²) in [6.45, 7) is 0.0153. The molecule has 0 aromatic heterocycles. The van der Waals surface area contributed by atoms with Gasteiger partial charge < -0.3 is 0 Å². The monoisotopic (exact) mass is 269 g/mol. The van der Waals surface area contributed by atoms with E-state index < -0.39 is 0 Å². The Kier molecular flexibility index (Phi) is 4.24. The average molecular weight is 271 g/mol. The maximum atomic E-state index is 9.93. The predicted octanol–water partition coefficient (Wildman–Crippen LogP) is 4.14. The summed E-state index contributed by atoms with van der Waals surface area (Å²) in [5.74, 6) is 0. The van der Waals surface area contributed by atoms with Gasteiger partial charge in [0.05, 0.1) is 26.6 Å². The van der Waals surface area contributed by atoms with Crippen molar-refractivity contribution in [2.24, 2.45) is 4.99 Å². The molecule has 0 spiro atoms. The van der Waals surface area contributed by atoms with Gasteiger partial charge in [-0.1, -0.05) is 46.4 Å². The van der Waals surface area contributed by atoms with Gasteiger partial charge in [-0.2, -0.15) is 0 Å². The molecule has 0 fully saturated rings. The van der Waals surface area contributed by atoms with Gasteiger partial charge in [0.25, 0.3) is 0 Å². The van der Waals surface area contributed by atoms with E-state index in [1.165, 1.54) is 12.1 Å². The standard InChI is InChI=1S/C8H3Cl4NO/c9-5-1-6(10)8(12)4(7(5)11)2-13-3-14/h1H,2H2. The van der Waals surface area contributed by atoms with Gasteiger partial charge in [0.2, 0.25) is 6.08 Å². The van der Waals surface area contributed by atoms with Gasteiger partial charge in [-0.05, 0) is 6.07 Å². The molecule has 0 aliphatic rings. The maximum Gasteiger partial charge on any atom is 0.235 e. The van der Waals surface area contributed by atoms with Crippen LogP contribution in [0.4, 0.5) is 0 Å². The summed E-state index contributed by atoms with van der Waals surface area (Å²) in [5, 5.41) is 1.05. The Labute approximate surface area is 100 Å². The summed E-state index contributed by atoms with van der Waals surface area (Å²) < 4.78 is 0. The summed E-state index contributed by atoms with van der Waals surface area (Å²) in [6, 6.07) is 1.43. The first-order valence-electron chi connectivity index (χ1n) is 3.43. The third-order valence-electron chi connectivity index (χ3n) is 1.50. The molecule has 0 heterocycles. The van der Waals surface area contributed by atoms with Crippen LogP contribution in [-0.4, -0.2) is 6.08 Å². The first kappa shape index (κ1) is 11.8. The van der Waals surface area contributed by atoms with Crippen LogP contribution < -0.4 is 0 Å². The SMILES string of the molecule is O=C=NCc1c(Cl)c(Cl)cc(Cl)c1Cl. The lowest BCUT2D eigenvalue weighted by Crippen LogP contribution is -1.88. The number of aliphatic imine (C=N–C) groups is 1. The number of hydrogen-bond acceptors (Lipinski definition) is 2. The van der Waals surface area contributed by atoms with Crippen LogP contribution in [0.5, 0.6) is 0 Å². The molecule has 1 rings (SSSR count). The van der Waals surface area contributed by atoms with E-state index in [4.69, 9.17) is 46.4 Å². The highest BCUT2D eigenvalue weighted by molar-refractivity contribution is 6.48. The van der Waals surface area contributed by atoms with Crippen LogP contribution in [0.3, 0.4) is 0 Å². The third-order valence-corrected chi connectivity index (χ3v) is 3.16. The van der Waals surface area contributed by atoms with Crippen molar-refractivity contribution in [3.05, 3.63) is 31.7 Å². The lowest BCUT2D eigenvalue weighted by molar-refractivity contribution is 0.563. The van der Waals surface area contributed by atoms with Crippen LogP contribution in [0.1, 0.15) is 5.56 Å². The minimum Gasteiger partial charge on any atom is -0.211 e. The van der Waals surface area contributed by atoms with Crippen LogP contribution in [0.2, 0.25) is 20.1 Å². The van der Waals surface area contributed by atoms with E-state index in [2.05, 4.69) is 4.99 Å². The second-order valence-corrected chi connectivity index (χ2v) is 3.92. The lowest BCUT2D eigenvalue weighted by Gasteiger charge is -2.06. The van der Waals surface area contributed by atoms with E-state index in [9.17, 15) is 4.79 Å². The Bertz CT molecular complexity index is 386. The summed E-state index contributed by atoms with van der Waals surface area (Å²) in [5.41, 5.74) is 0.425. The molecule has 0 radical (unpaired) electrons. The molecule has 0 saturated heterocycles. The molecule has 74 valence electrons. The van der Waals surface area contributed by atoms with Crippen molar-refractivity contribution in [1.82, 2.24) is 0 Å². The fourth-order valence-electron chi connectivity index (χ4n) is 0.873. The van der Waals surface area contributed by atoms with Crippen molar-refractivity contribution in [2.75, 3.05) is 0 Å². The number of rotatable bonds is 2. The number of carbonyl (C=O) groups excluding carboxylic acids is 1. The number of halogens is 4. The van der Waals surface area contributed by atoms with Crippen molar-refractivity contribution in [3.8, 4) is 0 Å². The third kappa shape index (κ3) is 2.41. The topological polar surface area (TPSA) is 29.4 Å². The van der Waals surface area contributed by atoms with Gasteiger partial charge in [-0.3, -0.25) is 0 Å². The summed E-state index contributed by atoms with van der Waals surface area (Å²) in [4.78, 5) is 13.3. The number of benzene rings is 1. The molecule has 0 aliphatic carbocycles. The van der Waals surface area contributed by atoms with E-state index in [0.717, 1.165) is 0 Å². The molecule has 0 amide bonds. The molecule has 1 aromatic rings. The summed E-state index contributed by atoms with van der Waals surface area (Å²) >= 11 is 23.2. The van der Waals surface area contributed by atoms with Gasteiger partial charge >= 0.3 is 0 Å². The summed E-state index contributed by atoms with van der Waals surface area (Å²) in [6.07, 6.45) is 1.38. The summed E-state index contributed by atoms with van der Waals surface area (Å²) in [7, 11) is 0. The number of isocyanates is 1. The predicted molar refractivity (Wildman–Crippen MR) is 58.3 cm³/mol. The molecule has 0 aliphatic heterocycles. The lowest BCUT2D eigenvalue weighted by atomic mass is 10.2. The number of hydrogen-bond donors (Lipinski definition) is 0. The van der Waals surface area contributed by atoms with E-state index in [-0.39, 0.29) is 26.6 Å². The zero-order valence-corrected chi connectivity index (χ0v) is 9.68. The zero-order chi connectivity index (χ0) is 10.7. The van der Waals surface area contributed by atoms with Gasteiger partial charge in [0, 0.05) is 5.56 Å². The smallest absolute Gasteiger partial charge is 0.211 e. The Balaban J connectivity index is 3.31. The minimum absolute atomic E-state index is 0.0153. The van der Waals surface area contributed by atoms with Gasteiger partial charge in [-0.25, -0.2) is 9.79 Å². The molecule has 1 aromatic carbocycles. The molecule has 2 nitrogen and oxygen atoms in total. The maximum absolute atomic E-state index is 9.93. The van der Waals surface area contributed by atoms with Crippen molar-refractivity contribution >= 4 is 52.5 Å². The van der Waals surface area contributed by atoms with Crippen molar-refractivity contribution in [3.63, 3.8) is 0 Å². The largest absolute Gasteiger partial charge is 0.235 e.